The predicted octanol–water partition coefficient (Wildman–Crippen LogP) is 10.4. The van der Waals surface area contributed by atoms with Gasteiger partial charge < -0.3 is 4.90 Å². The Hall–Kier alpha value is -0.0400. The van der Waals surface area contributed by atoms with Crippen LogP contribution in [-0.4, -0.2) is 24.5 Å². The Morgan fingerprint density at radius 3 is 1.39 bits per heavy atom. The van der Waals surface area contributed by atoms with Gasteiger partial charge >= 0.3 is 0 Å². The lowest BCUT2D eigenvalue weighted by molar-refractivity contribution is 0.226. The Balaban J connectivity index is 1.77. The van der Waals surface area contributed by atoms with E-state index in [1.807, 2.05) is 0 Å². The second kappa shape index (κ2) is 19.2. The minimum absolute atomic E-state index is 0.960. The first kappa shape index (κ1) is 29.2. The summed E-state index contributed by atoms with van der Waals surface area (Å²) in [5, 5.41) is 0. The van der Waals surface area contributed by atoms with Crippen LogP contribution in [0.1, 0.15) is 162 Å². The molecule has 0 aromatic heterocycles. The quantitative estimate of drug-likeness (QED) is 0.261. The van der Waals surface area contributed by atoms with Crippen molar-refractivity contribution in [3.8, 4) is 0 Å². The lowest BCUT2D eigenvalue weighted by Gasteiger charge is -2.27. The van der Waals surface area contributed by atoms with Crippen LogP contribution < -0.4 is 0 Å². The monoisotopic (exact) mass is 461 g/mol. The van der Waals surface area contributed by atoms with E-state index in [1.165, 1.54) is 129 Å². The molecule has 0 aromatic carbocycles. The van der Waals surface area contributed by atoms with E-state index >= 15 is 0 Å². The fourth-order valence-corrected chi connectivity index (χ4v) is 7.21. The summed E-state index contributed by atoms with van der Waals surface area (Å²) in [6.07, 6.45) is 32.9. The molecule has 33 heavy (non-hydrogen) atoms. The Morgan fingerprint density at radius 1 is 0.545 bits per heavy atom. The zero-order valence-corrected chi connectivity index (χ0v) is 23.4. The molecule has 0 heterocycles. The van der Waals surface area contributed by atoms with Gasteiger partial charge in [-0.25, -0.2) is 0 Å². The topological polar surface area (TPSA) is 3.24 Å². The molecule has 0 saturated heterocycles. The Bertz CT molecular complexity index is 418. The summed E-state index contributed by atoms with van der Waals surface area (Å²) >= 11 is 0. The average molecular weight is 462 g/mol. The molecule has 2 saturated carbocycles. The van der Waals surface area contributed by atoms with Crippen molar-refractivity contribution in [1.29, 1.82) is 0 Å². The SMILES string of the molecule is CCCN(CCC)CCC(CC)C[C@@H]1CCCCCCC(CC2CCCCCC2)CCCC1. The first-order valence-electron chi connectivity index (χ1n) is 16.0. The zero-order valence-electron chi connectivity index (χ0n) is 23.4. The van der Waals surface area contributed by atoms with Crippen molar-refractivity contribution < 1.29 is 0 Å². The molecule has 1 nitrogen and oxygen atoms in total. The molecule has 0 spiro atoms. The summed E-state index contributed by atoms with van der Waals surface area (Å²) in [7, 11) is 0. The highest BCUT2D eigenvalue weighted by atomic mass is 15.1. The fraction of sp³-hybridized carbons (Fsp3) is 1.00. The van der Waals surface area contributed by atoms with Crippen molar-refractivity contribution in [3.05, 3.63) is 0 Å². The van der Waals surface area contributed by atoms with Gasteiger partial charge in [0.05, 0.1) is 0 Å². The van der Waals surface area contributed by atoms with Crippen LogP contribution >= 0.6 is 0 Å². The molecule has 1 heteroatoms. The van der Waals surface area contributed by atoms with Gasteiger partial charge in [0.1, 0.15) is 0 Å². The van der Waals surface area contributed by atoms with Crippen molar-refractivity contribution >= 4 is 0 Å². The van der Waals surface area contributed by atoms with Crippen molar-refractivity contribution in [1.82, 2.24) is 4.90 Å². The van der Waals surface area contributed by atoms with Gasteiger partial charge in [-0.2, -0.15) is 0 Å². The largest absolute Gasteiger partial charge is 0.303 e. The van der Waals surface area contributed by atoms with Gasteiger partial charge in [0.15, 0.2) is 0 Å². The van der Waals surface area contributed by atoms with Gasteiger partial charge in [-0.05, 0) is 75.4 Å². The highest BCUT2D eigenvalue weighted by molar-refractivity contribution is 4.73. The number of hydrogen-bond donors (Lipinski definition) is 0. The molecule has 2 rings (SSSR count). The summed E-state index contributed by atoms with van der Waals surface area (Å²) in [6, 6.07) is 0. The summed E-state index contributed by atoms with van der Waals surface area (Å²) in [5.74, 6) is 4.10. The molecule has 2 aliphatic rings. The molecule has 2 unspecified atom stereocenters. The highest BCUT2D eigenvalue weighted by Crippen LogP contribution is 2.34. The third-order valence-corrected chi connectivity index (χ3v) is 9.27. The van der Waals surface area contributed by atoms with Gasteiger partial charge in [-0.15, -0.1) is 0 Å². The number of hydrogen-bond acceptors (Lipinski definition) is 1. The lowest BCUT2D eigenvalue weighted by atomic mass is 9.80. The lowest BCUT2D eigenvalue weighted by Crippen LogP contribution is -2.28. The predicted molar refractivity (Wildman–Crippen MR) is 149 cm³/mol. The molecule has 0 bridgehead atoms. The molecule has 0 amide bonds. The molecular formula is C32H63N. The maximum Gasteiger partial charge on any atom is -0.00161 e. The molecule has 0 aliphatic heterocycles. The van der Waals surface area contributed by atoms with Crippen LogP contribution in [0.15, 0.2) is 0 Å². The summed E-state index contributed by atoms with van der Waals surface area (Å²) in [6.45, 7) is 11.1. The molecule has 2 fully saturated rings. The van der Waals surface area contributed by atoms with E-state index in [4.69, 9.17) is 0 Å². The summed E-state index contributed by atoms with van der Waals surface area (Å²) in [5.41, 5.74) is 0. The standard InChI is InChI=1S/C32H63N/c1-4-24-33(25-5-2)26-23-29(6-3)27-30-17-11-7-8-14-20-32(22-16-15-21-30)28-31-18-12-9-10-13-19-31/h29-32H,4-28H2,1-3H3/t29?,30-,32?/m1/s1. The molecule has 3 atom stereocenters. The molecule has 2 aliphatic carbocycles. The van der Waals surface area contributed by atoms with Gasteiger partial charge in [0.2, 0.25) is 0 Å². The smallest absolute Gasteiger partial charge is 0.00161 e. The average Bonchev–Trinajstić information content (AvgIpc) is 3.08. The highest BCUT2D eigenvalue weighted by Gasteiger charge is 2.20. The van der Waals surface area contributed by atoms with Gasteiger partial charge in [-0.1, -0.05) is 130 Å². The van der Waals surface area contributed by atoms with Crippen LogP contribution in [0.2, 0.25) is 0 Å². The summed E-state index contributed by atoms with van der Waals surface area (Å²) < 4.78 is 0. The fourth-order valence-electron chi connectivity index (χ4n) is 7.21. The first-order chi connectivity index (χ1) is 16.2. The van der Waals surface area contributed by atoms with E-state index in [2.05, 4.69) is 25.7 Å². The second-order valence-electron chi connectivity index (χ2n) is 12.2. The third-order valence-electron chi connectivity index (χ3n) is 9.27. The van der Waals surface area contributed by atoms with E-state index in [-0.39, 0.29) is 0 Å². The van der Waals surface area contributed by atoms with Crippen LogP contribution in [0.3, 0.4) is 0 Å². The molecular weight excluding hydrogens is 398 g/mol. The Kier molecular flexibility index (Phi) is 17.0. The van der Waals surface area contributed by atoms with Gasteiger partial charge in [0, 0.05) is 0 Å². The maximum absolute atomic E-state index is 2.73. The number of nitrogens with zero attached hydrogens (tertiary/aromatic N) is 1. The van der Waals surface area contributed by atoms with Crippen LogP contribution in [-0.2, 0) is 0 Å². The van der Waals surface area contributed by atoms with E-state index in [1.54, 1.807) is 32.1 Å². The van der Waals surface area contributed by atoms with E-state index in [9.17, 15) is 0 Å². The first-order valence-corrected chi connectivity index (χ1v) is 16.0. The van der Waals surface area contributed by atoms with Crippen LogP contribution in [0.5, 0.6) is 0 Å². The summed E-state index contributed by atoms with van der Waals surface area (Å²) in [4.78, 5) is 2.73. The van der Waals surface area contributed by atoms with Crippen molar-refractivity contribution in [3.63, 3.8) is 0 Å². The maximum atomic E-state index is 2.73. The zero-order chi connectivity index (χ0) is 23.6. The van der Waals surface area contributed by atoms with E-state index < -0.39 is 0 Å². The van der Waals surface area contributed by atoms with Crippen molar-refractivity contribution in [2.45, 2.75) is 162 Å². The van der Waals surface area contributed by atoms with Crippen LogP contribution in [0, 0.1) is 23.7 Å². The van der Waals surface area contributed by atoms with Crippen molar-refractivity contribution in [2.24, 2.45) is 23.7 Å². The molecule has 0 radical (unpaired) electrons. The van der Waals surface area contributed by atoms with E-state index in [0.717, 1.165) is 23.7 Å². The minimum atomic E-state index is 0.960. The Labute approximate surface area is 210 Å². The minimum Gasteiger partial charge on any atom is -0.303 e. The van der Waals surface area contributed by atoms with Crippen molar-refractivity contribution in [2.75, 3.05) is 19.6 Å². The van der Waals surface area contributed by atoms with Crippen LogP contribution in [0.4, 0.5) is 0 Å². The molecule has 0 N–H and O–H groups in total. The molecule has 0 aromatic rings. The normalized spacial score (nSPS) is 25.8. The second-order valence-corrected chi connectivity index (χ2v) is 12.2. The van der Waals surface area contributed by atoms with E-state index in [0.29, 0.717) is 0 Å². The molecule has 196 valence electrons. The van der Waals surface area contributed by atoms with Crippen LogP contribution in [0.25, 0.3) is 0 Å². The van der Waals surface area contributed by atoms with Gasteiger partial charge in [0.25, 0.3) is 0 Å². The third kappa shape index (κ3) is 13.6. The van der Waals surface area contributed by atoms with Gasteiger partial charge in [-0.3, -0.25) is 0 Å². The number of rotatable bonds is 12. The Morgan fingerprint density at radius 2 is 0.970 bits per heavy atom.